The van der Waals surface area contributed by atoms with Crippen LogP contribution in [0.15, 0.2) is 0 Å². The lowest BCUT2D eigenvalue weighted by molar-refractivity contribution is -0.252. The van der Waals surface area contributed by atoms with Gasteiger partial charge in [-0.05, 0) is 55.8 Å². The van der Waals surface area contributed by atoms with Crippen LogP contribution in [0.4, 0.5) is 4.79 Å². The van der Waals surface area contributed by atoms with Crippen molar-refractivity contribution in [3.8, 4) is 0 Å². The van der Waals surface area contributed by atoms with Crippen LogP contribution in [0.2, 0.25) is 0 Å². The Morgan fingerprint density at radius 2 is 1.53 bits per heavy atom. The number of carbonyl (C=O) groups excluding carboxylic acids is 1. The highest BCUT2D eigenvalue weighted by molar-refractivity contribution is 5.61. The zero-order valence-electron chi connectivity index (χ0n) is 8.74. The fourth-order valence-corrected chi connectivity index (χ4v) is 4.30. The van der Waals surface area contributed by atoms with Crippen LogP contribution in [0.1, 0.15) is 32.1 Å². The summed E-state index contributed by atoms with van der Waals surface area (Å²) < 4.78 is 0. The van der Waals surface area contributed by atoms with Crippen LogP contribution in [0, 0.1) is 23.7 Å². The van der Waals surface area contributed by atoms with Crippen molar-refractivity contribution in [2.24, 2.45) is 23.7 Å². The van der Waals surface area contributed by atoms with Crippen LogP contribution in [-0.2, 0) is 0 Å². The number of hydrogen-bond donors (Lipinski definition) is 2. The van der Waals surface area contributed by atoms with Crippen molar-refractivity contribution >= 4 is 6.09 Å². The molecular weight excluding hydrogens is 192 g/mol. The van der Waals surface area contributed by atoms with E-state index in [4.69, 9.17) is 0 Å². The SMILES string of the molecule is O=C([O-])NNC1C2CC3CC(C2)CC1C3. The van der Waals surface area contributed by atoms with Gasteiger partial charge in [-0.3, -0.25) is 0 Å². The van der Waals surface area contributed by atoms with Gasteiger partial charge in [0, 0.05) is 6.04 Å². The third kappa shape index (κ3) is 1.61. The van der Waals surface area contributed by atoms with E-state index in [1.807, 2.05) is 0 Å². The van der Waals surface area contributed by atoms with Gasteiger partial charge in [0.2, 0.25) is 0 Å². The smallest absolute Gasteiger partial charge is 0.149 e. The average molecular weight is 209 g/mol. The van der Waals surface area contributed by atoms with Crippen molar-refractivity contribution in [2.75, 3.05) is 0 Å². The predicted octanol–water partition coefficient (Wildman–Crippen LogP) is 0.249. The zero-order chi connectivity index (χ0) is 10.4. The minimum Gasteiger partial charge on any atom is -0.529 e. The van der Waals surface area contributed by atoms with Gasteiger partial charge in [0.1, 0.15) is 6.09 Å². The summed E-state index contributed by atoms with van der Waals surface area (Å²) in [6.45, 7) is 0. The topological polar surface area (TPSA) is 64.2 Å². The number of nitrogens with one attached hydrogen (secondary N) is 2. The van der Waals surface area contributed by atoms with Gasteiger partial charge in [-0.25, -0.2) is 5.43 Å². The van der Waals surface area contributed by atoms with Crippen molar-refractivity contribution < 1.29 is 9.90 Å². The Morgan fingerprint density at radius 3 is 2.00 bits per heavy atom. The predicted molar refractivity (Wildman–Crippen MR) is 52.5 cm³/mol. The van der Waals surface area contributed by atoms with E-state index in [0.717, 1.165) is 11.8 Å². The van der Waals surface area contributed by atoms with E-state index in [2.05, 4.69) is 10.9 Å². The molecular formula is C11H17N2O2-. The van der Waals surface area contributed by atoms with Gasteiger partial charge >= 0.3 is 0 Å². The van der Waals surface area contributed by atoms with Crippen molar-refractivity contribution in [3.63, 3.8) is 0 Å². The van der Waals surface area contributed by atoms with Crippen molar-refractivity contribution in [1.29, 1.82) is 0 Å². The van der Waals surface area contributed by atoms with Gasteiger partial charge in [-0.2, -0.15) is 0 Å². The molecule has 84 valence electrons. The Hall–Kier alpha value is -0.770. The minimum absolute atomic E-state index is 0.357. The molecule has 4 bridgehead atoms. The molecule has 2 N–H and O–H groups in total. The maximum atomic E-state index is 10.4. The highest BCUT2D eigenvalue weighted by Gasteiger charge is 2.48. The van der Waals surface area contributed by atoms with Gasteiger partial charge in [-0.1, -0.05) is 0 Å². The fourth-order valence-electron chi connectivity index (χ4n) is 4.30. The minimum atomic E-state index is -1.22. The Kier molecular flexibility index (Phi) is 2.12. The summed E-state index contributed by atoms with van der Waals surface area (Å²) in [6, 6.07) is 0.357. The monoisotopic (exact) mass is 209 g/mol. The van der Waals surface area contributed by atoms with E-state index in [1.54, 1.807) is 0 Å². The Labute approximate surface area is 89.4 Å². The summed E-state index contributed by atoms with van der Waals surface area (Å²) in [5, 5.41) is 10.4. The maximum Gasteiger partial charge on any atom is 0.149 e. The lowest BCUT2D eigenvalue weighted by Crippen LogP contribution is -2.60. The second-order valence-electron chi connectivity index (χ2n) is 5.51. The van der Waals surface area contributed by atoms with Gasteiger partial charge in [0.25, 0.3) is 0 Å². The third-order valence-electron chi connectivity index (χ3n) is 4.57. The maximum absolute atomic E-state index is 10.4. The summed E-state index contributed by atoms with van der Waals surface area (Å²) in [4.78, 5) is 10.4. The van der Waals surface area contributed by atoms with Crippen LogP contribution in [0.5, 0.6) is 0 Å². The number of hydrazine groups is 1. The number of hydrogen-bond acceptors (Lipinski definition) is 3. The summed E-state index contributed by atoms with van der Waals surface area (Å²) in [7, 11) is 0. The van der Waals surface area contributed by atoms with Crippen molar-refractivity contribution in [1.82, 2.24) is 10.9 Å². The first-order valence-corrected chi connectivity index (χ1v) is 5.95. The summed E-state index contributed by atoms with van der Waals surface area (Å²) in [6.07, 6.45) is 5.37. The quantitative estimate of drug-likeness (QED) is 0.641. The molecule has 15 heavy (non-hydrogen) atoms. The first-order chi connectivity index (χ1) is 7.22. The highest BCUT2D eigenvalue weighted by Crippen LogP contribution is 2.53. The molecule has 4 saturated carbocycles. The molecule has 0 unspecified atom stereocenters. The molecule has 4 rings (SSSR count). The second-order valence-corrected chi connectivity index (χ2v) is 5.51. The number of rotatable bonds is 2. The van der Waals surface area contributed by atoms with Gasteiger partial charge in [0.15, 0.2) is 0 Å². The van der Waals surface area contributed by atoms with E-state index in [1.165, 1.54) is 32.1 Å². The Morgan fingerprint density at radius 1 is 1.00 bits per heavy atom. The molecule has 1 amide bonds. The summed E-state index contributed by atoms with van der Waals surface area (Å²) in [5.74, 6) is 3.23. The normalized spacial score (nSPS) is 46.8. The lowest BCUT2D eigenvalue weighted by Gasteiger charge is -2.54. The largest absolute Gasteiger partial charge is 0.529 e. The van der Waals surface area contributed by atoms with E-state index < -0.39 is 6.09 Å². The van der Waals surface area contributed by atoms with Crippen LogP contribution < -0.4 is 16.0 Å². The first kappa shape index (κ1) is 9.46. The average Bonchev–Trinajstić information content (AvgIpc) is 2.14. The molecule has 0 radical (unpaired) electrons. The summed E-state index contributed by atoms with van der Waals surface area (Å²) in [5.41, 5.74) is 5.18. The van der Waals surface area contributed by atoms with Crippen molar-refractivity contribution in [2.45, 2.75) is 38.1 Å². The molecule has 4 aliphatic carbocycles. The first-order valence-electron chi connectivity index (χ1n) is 5.95. The molecule has 0 aliphatic heterocycles. The molecule has 4 nitrogen and oxygen atoms in total. The Balaban J connectivity index is 1.67. The van der Waals surface area contributed by atoms with Crippen LogP contribution in [0.25, 0.3) is 0 Å². The summed E-state index contributed by atoms with van der Waals surface area (Å²) >= 11 is 0. The van der Waals surface area contributed by atoms with Gasteiger partial charge in [0.05, 0.1) is 0 Å². The van der Waals surface area contributed by atoms with E-state index >= 15 is 0 Å². The number of carbonyl (C=O) groups is 1. The fraction of sp³-hybridized carbons (Fsp3) is 0.909. The van der Waals surface area contributed by atoms with Gasteiger partial charge in [-0.15, -0.1) is 0 Å². The zero-order valence-corrected chi connectivity index (χ0v) is 8.74. The second kappa shape index (κ2) is 3.37. The molecule has 4 aliphatic rings. The molecule has 0 atom stereocenters. The molecule has 0 aromatic carbocycles. The van der Waals surface area contributed by atoms with E-state index in [-0.39, 0.29) is 0 Å². The van der Waals surface area contributed by atoms with Crippen molar-refractivity contribution in [3.05, 3.63) is 0 Å². The molecule has 4 fully saturated rings. The van der Waals surface area contributed by atoms with Crippen LogP contribution in [0.3, 0.4) is 0 Å². The Bertz CT molecular complexity index is 252. The van der Waals surface area contributed by atoms with Gasteiger partial charge < -0.3 is 15.3 Å². The van der Waals surface area contributed by atoms with Crippen LogP contribution >= 0.6 is 0 Å². The molecule has 0 spiro atoms. The van der Waals surface area contributed by atoms with E-state index in [0.29, 0.717) is 17.9 Å². The third-order valence-corrected chi connectivity index (χ3v) is 4.57. The lowest BCUT2D eigenvalue weighted by atomic mass is 9.54. The number of amides is 1. The molecule has 4 heteroatoms. The molecule has 0 heterocycles. The molecule has 0 aromatic rings. The van der Waals surface area contributed by atoms with E-state index in [9.17, 15) is 9.90 Å². The van der Waals surface area contributed by atoms with Crippen LogP contribution in [-0.4, -0.2) is 12.1 Å². The standard InChI is InChI=1S/C11H18N2O2/c14-11(15)13-12-10-8-2-6-1-7(4-8)5-9(10)3-6/h6-10,12-13H,1-5H2,(H,14,15)/p-1. The number of carboxylic acid groups (broad SMARTS) is 1. The molecule has 0 aromatic heterocycles. The highest BCUT2D eigenvalue weighted by atomic mass is 16.4. The molecule has 0 saturated heterocycles.